The van der Waals surface area contributed by atoms with Gasteiger partial charge in [-0.1, -0.05) is 23.7 Å². The zero-order valence-electron chi connectivity index (χ0n) is 16.7. The number of ether oxygens (including phenoxy) is 1. The lowest BCUT2D eigenvalue weighted by Crippen LogP contribution is -2.47. The molecule has 1 atom stereocenters. The third-order valence-corrected chi connectivity index (χ3v) is 6.57. The summed E-state index contributed by atoms with van der Waals surface area (Å²) >= 11 is 5.93. The van der Waals surface area contributed by atoms with E-state index >= 15 is 0 Å². The van der Waals surface area contributed by atoms with Gasteiger partial charge in [0.1, 0.15) is 5.82 Å². The predicted molar refractivity (Wildman–Crippen MR) is 113 cm³/mol. The summed E-state index contributed by atoms with van der Waals surface area (Å²) in [7, 11) is -4.01. The molecule has 0 saturated heterocycles. The van der Waals surface area contributed by atoms with Crippen LogP contribution in [0.5, 0.6) is 0 Å². The summed E-state index contributed by atoms with van der Waals surface area (Å²) in [4.78, 5) is 24.9. The molecule has 2 aromatic carbocycles. The highest BCUT2D eigenvalue weighted by Crippen LogP contribution is 2.30. The van der Waals surface area contributed by atoms with Crippen molar-refractivity contribution < 1.29 is 27.1 Å². The highest BCUT2D eigenvalue weighted by atomic mass is 35.5. The summed E-state index contributed by atoms with van der Waals surface area (Å²) in [5, 5.41) is 5.49. The molecule has 10 heteroatoms. The molecule has 2 N–H and O–H groups in total. The van der Waals surface area contributed by atoms with Crippen LogP contribution in [0.2, 0.25) is 5.02 Å². The Morgan fingerprint density at radius 2 is 1.87 bits per heavy atom. The number of hydrogen-bond acceptors (Lipinski definition) is 5. The molecule has 0 radical (unpaired) electrons. The standard InChI is InChI=1S/C21H20ClFN2O5S/c1-3-30-20(26)18-17(11-31(28,29)15-8-9-16(23)12(2)10-15)24-21(27)25-19(18)13-4-6-14(22)7-5-13/h4-10,19H,3,11H2,1-2H3,(H2,24,25,27)/t19-/m0/s1. The number of rotatable bonds is 6. The van der Waals surface area contributed by atoms with Crippen molar-refractivity contribution in [3.05, 3.63) is 75.7 Å². The van der Waals surface area contributed by atoms with Crippen molar-refractivity contribution in [2.75, 3.05) is 12.4 Å². The SMILES string of the molecule is CCOC(=O)C1=C(CS(=O)(=O)c2ccc(F)c(C)c2)NC(=O)N[C@H]1c1ccc(Cl)cc1. The fourth-order valence-corrected chi connectivity index (χ4v) is 4.70. The number of carbonyl (C=O) groups is 2. The van der Waals surface area contributed by atoms with E-state index in [4.69, 9.17) is 16.3 Å². The van der Waals surface area contributed by atoms with Crippen molar-refractivity contribution in [3.8, 4) is 0 Å². The van der Waals surface area contributed by atoms with Crippen molar-refractivity contribution >= 4 is 33.4 Å². The minimum Gasteiger partial charge on any atom is -0.463 e. The summed E-state index contributed by atoms with van der Waals surface area (Å²) in [5.41, 5.74) is 0.541. The number of aryl methyl sites for hydroxylation is 1. The fourth-order valence-electron chi connectivity index (χ4n) is 3.17. The Balaban J connectivity index is 2.10. The average molecular weight is 467 g/mol. The van der Waals surface area contributed by atoms with Gasteiger partial charge in [-0.25, -0.2) is 22.4 Å². The van der Waals surface area contributed by atoms with E-state index in [0.29, 0.717) is 10.6 Å². The van der Waals surface area contributed by atoms with Crippen LogP contribution in [0.15, 0.2) is 58.6 Å². The Bertz CT molecular complexity index is 1160. The molecule has 1 aliphatic rings. The Morgan fingerprint density at radius 3 is 2.48 bits per heavy atom. The number of benzene rings is 2. The van der Waals surface area contributed by atoms with Crippen molar-refractivity contribution in [1.29, 1.82) is 0 Å². The minimum absolute atomic E-state index is 0.0359. The van der Waals surface area contributed by atoms with Crippen LogP contribution in [-0.2, 0) is 19.4 Å². The summed E-state index contributed by atoms with van der Waals surface area (Å²) in [6.45, 7) is 3.11. The van der Waals surface area contributed by atoms with Crippen molar-refractivity contribution in [2.45, 2.75) is 24.8 Å². The molecule has 0 aliphatic carbocycles. The first-order valence-corrected chi connectivity index (χ1v) is 11.4. The maximum Gasteiger partial charge on any atom is 0.338 e. The van der Waals surface area contributed by atoms with Crippen LogP contribution >= 0.6 is 11.6 Å². The van der Waals surface area contributed by atoms with Gasteiger partial charge >= 0.3 is 12.0 Å². The molecular formula is C21H20ClFN2O5S. The first kappa shape index (κ1) is 22.8. The molecular weight excluding hydrogens is 447 g/mol. The van der Waals surface area contributed by atoms with Gasteiger partial charge in [0.2, 0.25) is 0 Å². The van der Waals surface area contributed by atoms with Gasteiger partial charge < -0.3 is 15.4 Å². The van der Waals surface area contributed by atoms with E-state index in [1.54, 1.807) is 31.2 Å². The number of esters is 1. The summed E-state index contributed by atoms with van der Waals surface area (Å²) < 4.78 is 44.7. The van der Waals surface area contributed by atoms with Crippen molar-refractivity contribution in [1.82, 2.24) is 10.6 Å². The van der Waals surface area contributed by atoms with Gasteiger partial charge in [0.25, 0.3) is 0 Å². The van der Waals surface area contributed by atoms with Crippen LogP contribution < -0.4 is 10.6 Å². The van der Waals surface area contributed by atoms with Gasteiger partial charge in [-0.15, -0.1) is 0 Å². The topological polar surface area (TPSA) is 102 Å². The summed E-state index contributed by atoms with van der Waals surface area (Å²) in [6.07, 6.45) is 0. The van der Waals surface area contributed by atoms with E-state index in [0.717, 1.165) is 12.1 Å². The maximum atomic E-state index is 13.6. The fraction of sp³-hybridized carbons (Fsp3) is 0.238. The predicted octanol–water partition coefficient (Wildman–Crippen LogP) is 3.43. The molecule has 31 heavy (non-hydrogen) atoms. The van der Waals surface area contributed by atoms with E-state index < -0.39 is 39.4 Å². The second kappa shape index (κ2) is 9.07. The van der Waals surface area contributed by atoms with Gasteiger partial charge in [-0.05, 0) is 55.3 Å². The van der Waals surface area contributed by atoms with Crippen LogP contribution in [0.25, 0.3) is 0 Å². The summed E-state index contributed by atoms with van der Waals surface area (Å²) in [6, 6.07) is 8.20. The molecule has 1 heterocycles. The van der Waals surface area contributed by atoms with Crippen LogP contribution in [0, 0.1) is 12.7 Å². The maximum absolute atomic E-state index is 13.6. The van der Waals surface area contributed by atoms with Crippen LogP contribution in [0.3, 0.4) is 0 Å². The van der Waals surface area contributed by atoms with E-state index in [1.807, 2.05) is 0 Å². The van der Waals surface area contributed by atoms with Crippen LogP contribution in [0.1, 0.15) is 24.1 Å². The van der Waals surface area contributed by atoms with Gasteiger partial charge in [0, 0.05) is 10.7 Å². The largest absolute Gasteiger partial charge is 0.463 e. The van der Waals surface area contributed by atoms with Crippen molar-refractivity contribution in [2.24, 2.45) is 0 Å². The molecule has 0 aromatic heterocycles. The molecule has 0 fully saturated rings. The number of nitrogens with one attached hydrogen (secondary N) is 2. The molecule has 2 amide bonds. The Hall–Kier alpha value is -2.91. The zero-order chi connectivity index (χ0) is 22.8. The smallest absolute Gasteiger partial charge is 0.338 e. The number of carbonyl (C=O) groups excluding carboxylic acids is 2. The number of sulfone groups is 1. The van der Waals surface area contributed by atoms with Gasteiger partial charge in [0.05, 0.1) is 28.9 Å². The molecule has 0 unspecified atom stereocenters. The molecule has 0 bridgehead atoms. The summed E-state index contributed by atoms with van der Waals surface area (Å²) in [5.74, 6) is -1.98. The van der Waals surface area contributed by atoms with E-state index in [2.05, 4.69) is 10.6 Å². The normalized spacial score (nSPS) is 16.5. The van der Waals surface area contributed by atoms with Crippen LogP contribution in [0.4, 0.5) is 9.18 Å². The number of halogens is 2. The van der Waals surface area contributed by atoms with E-state index in [1.165, 1.54) is 13.0 Å². The van der Waals surface area contributed by atoms with Crippen LogP contribution in [-0.4, -0.2) is 32.8 Å². The number of hydrogen-bond donors (Lipinski definition) is 2. The zero-order valence-corrected chi connectivity index (χ0v) is 18.3. The third-order valence-electron chi connectivity index (χ3n) is 4.68. The highest BCUT2D eigenvalue weighted by Gasteiger charge is 2.35. The monoisotopic (exact) mass is 466 g/mol. The molecule has 3 rings (SSSR count). The van der Waals surface area contributed by atoms with E-state index in [-0.39, 0.29) is 28.3 Å². The molecule has 2 aromatic rings. The average Bonchev–Trinajstić information content (AvgIpc) is 2.70. The molecule has 0 saturated carbocycles. The number of urea groups is 1. The first-order valence-electron chi connectivity index (χ1n) is 9.34. The minimum atomic E-state index is -4.01. The second-order valence-corrected chi connectivity index (χ2v) is 9.29. The molecule has 164 valence electrons. The quantitative estimate of drug-likeness (QED) is 0.501. The highest BCUT2D eigenvalue weighted by molar-refractivity contribution is 7.91. The van der Waals surface area contributed by atoms with Gasteiger partial charge in [0.15, 0.2) is 9.84 Å². The third kappa shape index (κ3) is 5.05. The lowest BCUT2D eigenvalue weighted by atomic mass is 9.95. The molecule has 0 spiro atoms. The van der Waals surface area contributed by atoms with Gasteiger partial charge in [-0.2, -0.15) is 0 Å². The van der Waals surface area contributed by atoms with Crippen molar-refractivity contribution in [3.63, 3.8) is 0 Å². The lowest BCUT2D eigenvalue weighted by molar-refractivity contribution is -0.139. The molecule has 1 aliphatic heterocycles. The molecule has 7 nitrogen and oxygen atoms in total. The number of amides is 2. The Labute approximate surface area is 184 Å². The first-order chi connectivity index (χ1) is 14.6. The second-order valence-electron chi connectivity index (χ2n) is 6.87. The van der Waals surface area contributed by atoms with Gasteiger partial charge in [-0.3, -0.25) is 0 Å². The Kier molecular flexibility index (Phi) is 6.66. The van der Waals surface area contributed by atoms with E-state index in [9.17, 15) is 22.4 Å². The Morgan fingerprint density at radius 1 is 1.19 bits per heavy atom. The lowest BCUT2D eigenvalue weighted by Gasteiger charge is -2.29.